The van der Waals surface area contributed by atoms with E-state index in [0.29, 0.717) is 12.8 Å². The molecule has 0 radical (unpaired) electrons. The summed E-state index contributed by atoms with van der Waals surface area (Å²) in [6.45, 7) is 20.9. The lowest BCUT2D eigenvalue weighted by Gasteiger charge is -2.15. The number of hydrogen-bond acceptors (Lipinski definition) is 3. The fourth-order valence-electron chi connectivity index (χ4n) is 1.11. The lowest BCUT2D eigenvalue weighted by molar-refractivity contribution is 0.0197. The molecule has 0 aromatic rings. The highest BCUT2D eigenvalue weighted by Gasteiger charge is 2.17. The van der Waals surface area contributed by atoms with Gasteiger partial charge in [-0.3, -0.25) is 0 Å². The standard InChI is InChI=1S/C13H16N2O3/c1-5-11(7-9-14-3)17-13(16)18-12(6-2)8-10-15-4/h5-6,11-12H,1-2,7-10H2. The molecule has 0 aliphatic carbocycles. The molecule has 0 fully saturated rings. The van der Waals surface area contributed by atoms with Gasteiger partial charge >= 0.3 is 6.16 Å². The van der Waals surface area contributed by atoms with E-state index in [2.05, 4.69) is 22.8 Å². The van der Waals surface area contributed by atoms with Gasteiger partial charge in [0.25, 0.3) is 0 Å². The molecule has 2 atom stereocenters. The van der Waals surface area contributed by atoms with Gasteiger partial charge in [-0.2, -0.15) is 0 Å². The average Bonchev–Trinajstić information content (AvgIpc) is 2.39. The Kier molecular flexibility index (Phi) is 8.67. The normalized spacial score (nSPS) is 12.3. The van der Waals surface area contributed by atoms with Crippen molar-refractivity contribution in [3.63, 3.8) is 0 Å². The molecule has 18 heavy (non-hydrogen) atoms. The highest BCUT2D eigenvalue weighted by molar-refractivity contribution is 5.60. The molecule has 0 aromatic heterocycles. The number of rotatable bonds is 8. The zero-order valence-corrected chi connectivity index (χ0v) is 10.2. The maximum Gasteiger partial charge on any atom is 0.509 e. The Morgan fingerprint density at radius 2 is 1.44 bits per heavy atom. The maximum atomic E-state index is 11.4. The first-order valence-corrected chi connectivity index (χ1v) is 5.46. The van der Waals surface area contributed by atoms with Crippen LogP contribution in [0, 0.1) is 13.1 Å². The summed E-state index contributed by atoms with van der Waals surface area (Å²) in [5, 5.41) is 0. The summed E-state index contributed by atoms with van der Waals surface area (Å²) in [7, 11) is 0. The summed E-state index contributed by atoms with van der Waals surface area (Å²) >= 11 is 0. The van der Waals surface area contributed by atoms with Crippen LogP contribution in [0.4, 0.5) is 4.79 Å². The first-order chi connectivity index (χ1) is 8.67. The molecule has 0 saturated heterocycles. The van der Waals surface area contributed by atoms with Gasteiger partial charge in [-0.25, -0.2) is 17.9 Å². The lowest BCUT2D eigenvalue weighted by Crippen LogP contribution is -2.22. The molecule has 5 heteroatoms. The predicted molar refractivity (Wildman–Crippen MR) is 67.7 cm³/mol. The molecule has 0 spiro atoms. The van der Waals surface area contributed by atoms with Crippen LogP contribution in [-0.4, -0.2) is 31.5 Å². The third kappa shape index (κ3) is 7.08. The van der Waals surface area contributed by atoms with Crippen molar-refractivity contribution in [2.24, 2.45) is 0 Å². The molecule has 0 saturated carbocycles. The SMILES string of the molecule is [C-]#[N+]CCC(C=C)OC(=O)OC(C=C)CC[N+]#[C-]. The summed E-state index contributed by atoms with van der Waals surface area (Å²) < 4.78 is 9.93. The summed E-state index contributed by atoms with van der Waals surface area (Å²) in [4.78, 5) is 17.8. The van der Waals surface area contributed by atoms with Crippen LogP contribution < -0.4 is 0 Å². The van der Waals surface area contributed by atoms with Crippen LogP contribution in [0.25, 0.3) is 9.69 Å². The fraction of sp³-hybridized carbons (Fsp3) is 0.462. The minimum Gasteiger partial charge on any atom is -0.426 e. The second-order valence-electron chi connectivity index (χ2n) is 3.37. The summed E-state index contributed by atoms with van der Waals surface area (Å²) in [6.07, 6.45) is 1.80. The Bertz CT molecular complexity index is 331. The van der Waals surface area contributed by atoms with Gasteiger partial charge in [0.15, 0.2) is 0 Å². The van der Waals surface area contributed by atoms with E-state index in [9.17, 15) is 4.79 Å². The molecule has 2 unspecified atom stereocenters. The molecular formula is C13H16N2O3. The minimum absolute atomic E-state index is 0.257. The zero-order chi connectivity index (χ0) is 13.8. The lowest BCUT2D eigenvalue weighted by atomic mass is 10.2. The third-order valence-corrected chi connectivity index (χ3v) is 2.07. The molecule has 0 heterocycles. The monoisotopic (exact) mass is 248 g/mol. The Morgan fingerprint density at radius 3 is 1.72 bits per heavy atom. The quantitative estimate of drug-likeness (QED) is 0.377. The highest BCUT2D eigenvalue weighted by Crippen LogP contribution is 2.07. The number of carbonyl (C=O) groups excluding carboxylic acids is 1. The Morgan fingerprint density at radius 1 is 1.06 bits per heavy atom. The molecule has 0 rings (SSSR count). The molecule has 0 N–H and O–H groups in total. The summed E-state index contributed by atoms with van der Waals surface area (Å²) in [5.41, 5.74) is 0. The van der Waals surface area contributed by atoms with Gasteiger partial charge < -0.3 is 19.2 Å². The number of hydrogen-bond donors (Lipinski definition) is 0. The van der Waals surface area contributed by atoms with Crippen LogP contribution in [0.15, 0.2) is 25.3 Å². The van der Waals surface area contributed by atoms with E-state index < -0.39 is 18.4 Å². The smallest absolute Gasteiger partial charge is 0.426 e. The largest absolute Gasteiger partial charge is 0.509 e. The van der Waals surface area contributed by atoms with Crippen LogP contribution in [0.5, 0.6) is 0 Å². The van der Waals surface area contributed by atoms with E-state index in [0.717, 1.165) is 0 Å². The molecule has 0 aromatic carbocycles. The molecule has 5 nitrogen and oxygen atoms in total. The van der Waals surface area contributed by atoms with Crippen molar-refractivity contribution >= 4 is 6.16 Å². The Labute approximate surface area is 107 Å². The topological polar surface area (TPSA) is 44.2 Å². The summed E-state index contributed by atoms with van der Waals surface area (Å²) in [6, 6.07) is 0. The van der Waals surface area contributed by atoms with Crippen molar-refractivity contribution in [3.8, 4) is 0 Å². The number of nitrogens with zero attached hydrogens (tertiary/aromatic N) is 2. The van der Waals surface area contributed by atoms with E-state index in [1.807, 2.05) is 0 Å². The molecule has 0 aliphatic heterocycles. The molecule has 96 valence electrons. The Balaban J connectivity index is 4.14. The fourth-order valence-corrected chi connectivity index (χ4v) is 1.11. The Hall–Kier alpha value is -2.27. The first kappa shape index (κ1) is 15.7. The molecule has 0 bridgehead atoms. The minimum atomic E-state index is -0.834. The van der Waals surface area contributed by atoms with E-state index in [1.54, 1.807) is 0 Å². The predicted octanol–water partition coefficient (Wildman–Crippen LogP) is 2.87. The molecular weight excluding hydrogens is 232 g/mol. The molecule has 0 aliphatic rings. The van der Waals surface area contributed by atoms with Crippen LogP contribution >= 0.6 is 0 Å². The van der Waals surface area contributed by atoms with Crippen molar-refractivity contribution in [2.45, 2.75) is 25.0 Å². The van der Waals surface area contributed by atoms with Gasteiger partial charge in [0, 0.05) is 0 Å². The first-order valence-electron chi connectivity index (χ1n) is 5.46. The third-order valence-electron chi connectivity index (χ3n) is 2.07. The highest BCUT2D eigenvalue weighted by atomic mass is 16.7. The van der Waals surface area contributed by atoms with E-state index >= 15 is 0 Å². The van der Waals surface area contributed by atoms with Crippen LogP contribution in [-0.2, 0) is 9.47 Å². The second-order valence-corrected chi connectivity index (χ2v) is 3.37. The number of carbonyl (C=O) groups is 1. The number of ether oxygens (including phenoxy) is 2. The van der Waals surface area contributed by atoms with Crippen molar-refractivity contribution in [1.82, 2.24) is 0 Å². The van der Waals surface area contributed by atoms with Gasteiger partial charge in [0.2, 0.25) is 13.1 Å². The van der Waals surface area contributed by atoms with Crippen molar-refractivity contribution in [2.75, 3.05) is 13.1 Å². The summed E-state index contributed by atoms with van der Waals surface area (Å²) in [5.74, 6) is 0. The van der Waals surface area contributed by atoms with Crippen LogP contribution in [0.1, 0.15) is 12.8 Å². The zero-order valence-electron chi connectivity index (χ0n) is 10.2. The van der Waals surface area contributed by atoms with E-state index in [-0.39, 0.29) is 13.1 Å². The van der Waals surface area contributed by atoms with Crippen LogP contribution in [0.2, 0.25) is 0 Å². The van der Waals surface area contributed by atoms with Crippen molar-refractivity contribution in [1.29, 1.82) is 0 Å². The molecule has 0 amide bonds. The van der Waals surface area contributed by atoms with E-state index in [1.165, 1.54) is 12.2 Å². The average molecular weight is 248 g/mol. The van der Waals surface area contributed by atoms with Gasteiger partial charge in [-0.05, 0) is 0 Å². The van der Waals surface area contributed by atoms with Gasteiger partial charge in [-0.1, -0.05) is 25.3 Å². The van der Waals surface area contributed by atoms with Crippen molar-refractivity contribution in [3.05, 3.63) is 48.1 Å². The van der Waals surface area contributed by atoms with Crippen molar-refractivity contribution < 1.29 is 14.3 Å². The van der Waals surface area contributed by atoms with Gasteiger partial charge in [0.1, 0.15) is 12.2 Å². The van der Waals surface area contributed by atoms with Gasteiger partial charge in [-0.15, -0.1) is 0 Å². The van der Waals surface area contributed by atoms with Gasteiger partial charge in [0.05, 0.1) is 12.8 Å². The van der Waals surface area contributed by atoms with Crippen LogP contribution in [0.3, 0.4) is 0 Å². The maximum absolute atomic E-state index is 11.4. The second kappa shape index (κ2) is 9.92. The van der Waals surface area contributed by atoms with E-state index in [4.69, 9.17) is 22.6 Å².